The molecule has 0 fully saturated rings. The fourth-order valence-corrected chi connectivity index (χ4v) is 1.02. The molecule has 0 radical (unpaired) electrons. The van der Waals surface area contributed by atoms with Gasteiger partial charge in [-0.05, 0) is 25.1 Å². The van der Waals surface area contributed by atoms with Gasteiger partial charge in [0.05, 0.1) is 6.61 Å². The zero-order chi connectivity index (χ0) is 11.4. The zero-order valence-corrected chi connectivity index (χ0v) is 8.27. The number of hydrogen-bond acceptors (Lipinski definition) is 4. The van der Waals surface area contributed by atoms with Gasteiger partial charge < -0.3 is 20.6 Å². The average molecular weight is 211 g/mol. The summed E-state index contributed by atoms with van der Waals surface area (Å²) in [7, 11) is 0. The van der Waals surface area contributed by atoms with Crippen molar-refractivity contribution < 1.29 is 20.1 Å². The van der Waals surface area contributed by atoms with Gasteiger partial charge in [0.15, 0.2) is 11.5 Å². The van der Waals surface area contributed by atoms with Crippen molar-refractivity contribution in [2.45, 2.75) is 13.0 Å². The monoisotopic (exact) mass is 211 g/mol. The summed E-state index contributed by atoms with van der Waals surface area (Å²) < 4.78 is 0. The maximum atomic E-state index is 11.5. The number of phenolic OH excluding ortho intramolecular Hbond substituents is 2. The van der Waals surface area contributed by atoms with Gasteiger partial charge >= 0.3 is 0 Å². The van der Waals surface area contributed by atoms with Crippen molar-refractivity contribution >= 4 is 5.91 Å². The largest absolute Gasteiger partial charge is 0.504 e. The van der Waals surface area contributed by atoms with Crippen LogP contribution >= 0.6 is 0 Å². The van der Waals surface area contributed by atoms with Gasteiger partial charge in [0.1, 0.15) is 0 Å². The molecule has 1 unspecified atom stereocenters. The van der Waals surface area contributed by atoms with Gasteiger partial charge in [-0.25, -0.2) is 0 Å². The summed E-state index contributed by atoms with van der Waals surface area (Å²) in [4.78, 5) is 11.5. The maximum Gasteiger partial charge on any atom is 0.251 e. The van der Waals surface area contributed by atoms with Crippen LogP contribution in [0, 0.1) is 0 Å². The highest BCUT2D eigenvalue weighted by Crippen LogP contribution is 2.24. The molecule has 0 spiro atoms. The topological polar surface area (TPSA) is 89.8 Å². The lowest BCUT2D eigenvalue weighted by Gasteiger charge is -2.10. The number of hydrogen-bond donors (Lipinski definition) is 4. The molecule has 0 aromatic heterocycles. The van der Waals surface area contributed by atoms with Gasteiger partial charge in [-0.3, -0.25) is 4.79 Å². The summed E-state index contributed by atoms with van der Waals surface area (Å²) in [5.41, 5.74) is 0.227. The molecule has 1 aromatic rings. The Labute approximate surface area is 87.0 Å². The summed E-state index contributed by atoms with van der Waals surface area (Å²) in [6, 6.07) is 3.42. The summed E-state index contributed by atoms with van der Waals surface area (Å²) in [5.74, 6) is -1.03. The third-order valence-electron chi connectivity index (χ3n) is 1.89. The molecule has 0 saturated heterocycles. The minimum atomic E-state index is -0.410. The molecule has 4 N–H and O–H groups in total. The standard InChI is InChI=1S/C10H13NO4/c1-6(5-12)11-10(15)7-2-3-8(13)9(14)4-7/h2-4,6,12-14H,5H2,1H3,(H,11,15). The predicted molar refractivity (Wildman–Crippen MR) is 53.8 cm³/mol. The Kier molecular flexibility index (Phi) is 3.51. The highest BCUT2D eigenvalue weighted by Gasteiger charge is 2.10. The Morgan fingerprint density at radius 3 is 2.60 bits per heavy atom. The number of rotatable bonds is 3. The number of aromatic hydroxyl groups is 2. The van der Waals surface area contributed by atoms with E-state index in [1.807, 2.05) is 0 Å². The first-order chi connectivity index (χ1) is 7.04. The zero-order valence-electron chi connectivity index (χ0n) is 8.27. The van der Waals surface area contributed by atoms with Crippen LogP contribution in [0.25, 0.3) is 0 Å². The second-order valence-electron chi connectivity index (χ2n) is 3.26. The van der Waals surface area contributed by atoms with Gasteiger partial charge in [0, 0.05) is 11.6 Å². The Bertz CT molecular complexity index is 364. The van der Waals surface area contributed by atoms with E-state index in [0.717, 1.165) is 6.07 Å². The van der Waals surface area contributed by atoms with Gasteiger partial charge in [-0.1, -0.05) is 0 Å². The molecule has 1 amide bonds. The lowest BCUT2D eigenvalue weighted by Crippen LogP contribution is -2.34. The number of phenols is 2. The number of benzene rings is 1. The lowest BCUT2D eigenvalue weighted by atomic mass is 10.2. The van der Waals surface area contributed by atoms with Crippen molar-refractivity contribution in [1.29, 1.82) is 0 Å². The predicted octanol–water partition coefficient (Wildman–Crippen LogP) is 0.208. The van der Waals surface area contributed by atoms with Crippen LogP contribution in [0.4, 0.5) is 0 Å². The first-order valence-corrected chi connectivity index (χ1v) is 4.48. The second kappa shape index (κ2) is 4.65. The number of carbonyl (C=O) groups is 1. The van der Waals surface area contributed by atoms with Gasteiger partial charge in [-0.15, -0.1) is 0 Å². The Balaban J connectivity index is 2.78. The van der Waals surface area contributed by atoms with Gasteiger partial charge in [-0.2, -0.15) is 0 Å². The molecule has 0 aliphatic heterocycles. The molecule has 1 atom stereocenters. The molecule has 0 aliphatic carbocycles. The van der Waals surface area contributed by atoms with Crippen LogP contribution in [-0.4, -0.2) is 33.9 Å². The number of aliphatic hydroxyl groups is 1. The lowest BCUT2D eigenvalue weighted by molar-refractivity contribution is 0.0922. The van der Waals surface area contributed by atoms with Gasteiger partial charge in [0.2, 0.25) is 0 Å². The van der Waals surface area contributed by atoms with Crippen LogP contribution in [0.5, 0.6) is 11.5 Å². The van der Waals surface area contributed by atoms with Crippen LogP contribution in [0.1, 0.15) is 17.3 Å². The van der Waals surface area contributed by atoms with E-state index < -0.39 is 5.91 Å². The Morgan fingerprint density at radius 1 is 1.40 bits per heavy atom. The number of aliphatic hydroxyl groups excluding tert-OH is 1. The first-order valence-electron chi connectivity index (χ1n) is 4.48. The fourth-order valence-electron chi connectivity index (χ4n) is 1.02. The minimum absolute atomic E-state index is 0.157. The summed E-state index contributed by atoms with van der Waals surface area (Å²) in [6.07, 6.45) is 0. The highest BCUT2D eigenvalue weighted by atomic mass is 16.3. The van der Waals surface area contributed by atoms with E-state index in [0.29, 0.717) is 0 Å². The van der Waals surface area contributed by atoms with E-state index in [4.69, 9.17) is 15.3 Å². The van der Waals surface area contributed by atoms with Crippen molar-refractivity contribution in [3.63, 3.8) is 0 Å². The third kappa shape index (κ3) is 2.85. The van der Waals surface area contributed by atoms with Crippen LogP contribution in [-0.2, 0) is 0 Å². The van der Waals surface area contributed by atoms with Crippen molar-refractivity contribution in [2.24, 2.45) is 0 Å². The molecule has 0 aliphatic rings. The highest BCUT2D eigenvalue weighted by molar-refractivity contribution is 5.95. The summed E-state index contributed by atoms with van der Waals surface area (Å²) >= 11 is 0. The van der Waals surface area contributed by atoms with E-state index in [1.165, 1.54) is 12.1 Å². The van der Waals surface area contributed by atoms with Crippen molar-refractivity contribution in [2.75, 3.05) is 6.61 Å². The smallest absolute Gasteiger partial charge is 0.251 e. The molecule has 15 heavy (non-hydrogen) atoms. The van der Waals surface area contributed by atoms with E-state index in [-0.39, 0.29) is 29.7 Å². The number of carbonyl (C=O) groups excluding carboxylic acids is 1. The van der Waals surface area contributed by atoms with Crippen LogP contribution in [0.2, 0.25) is 0 Å². The molecule has 5 nitrogen and oxygen atoms in total. The molecule has 5 heteroatoms. The molecule has 0 heterocycles. The normalized spacial score (nSPS) is 12.1. The van der Waals surface area contributed by atoms with E-state index in [2.05, 4.69) is 5.32 Å². The molecule has 0 saturated carbocycles. The van der Waals surface area contributed by atoms with Crippen LogP contribution in [0.3, 0.4) is 0 Å². The van der Waals surface area contributed by atoms with Crippen molar-refractivity contribution in [1.82, 2.24) is 5.32 Å². The summed E-state index contributed by atoms with van der Waals surface area (Å²) in [6.45, 7) is 1.49. The molecule has 1 aromatic carbocycles. The van der Waals surface area contributed by atoms with E-state index in [9.17, 15) is 4.79 Å². The summed E-state index contributed by atoms with van der Waals surface area (Å²) in [5, 5.41) is 29.4. The molecular formula is C10H13NO4. The quantitative estimate of drug-likeness (QED) is 0.538. The van der Waals surface area contributed by atoms with E-state index >= 15 is 0 Å². The SMILES string of the molecule is CC(CO)NC(=O)c1ccc(O)c(O)c1. The molecule has 82 valence electrons. The van der Waals surface area contributed by atoms with Crippen LogP contribution < -0.4 is 5.32 Å². The molecule has 0 bridgehead atoms. The Hall–Kier alpha value is -1.75. The maximum absolute atomic E-state index is 11.5. The Morgan fingerprint density at radius 2 is 2.07 bits per heavy atom. The number of amides is 1. The van der Waals surface area contributed by atoms with Gasteiger partial charge in [0.25, 0.3) is 5.91 Å². The van der Waals surface area contributed by atoms with Crippen molar-refractivity contribution in [3.05, 3.63) is 23.8 Å². The second-order valence-corrected chi connectivity index (χ2v) is 3.26. The fraction of sp³-hybridized carbons (Fsp3) is 0.300. The first kappa shape index (κ1) is 11.3. The number of nitrogens with one attached hydrogen (secondary N) is 1. The average Bonchev–Trinajstić information content (AvgIpc) is 2.21. The third-order valence-corrected chi connectivity index (χ3v) is 1.89. The minimum Gasteiger partial charge on any atom is -0.504 e. The molecule has 1 rings (SSSR count). The van der Waals surface area contributed by atoms with Crippen LogP contribution in [0.15, 0.2) is 18.2 Å². The molecular weight excluding hydrogens is 198 g/mol. The van der Waals surface area contributed by atoms with E-state index in [1.54, 1.807) is 6.92 Å². The van der Waals surface area contributed by atoms with Crippen molar-refractivity contribution in [3.8, 4) is 11.5 Å².